The number of hydrogen-bond acceptors (Lipinski definition) is 2. The van der Waals surface area contributed by atoms with Gasteiger partial charge >= 0.3 is 0 Å². The van der Waals surface area contributed by atoms with Gasteiger partial charge in [-0.15, -0.1) is 0 Å². The van der Waals surface area contributed by atoms with Gasteiger partial charge < -0.3 is 9.84 Å². The third kappa shape index (κ3) is 3.42. The van der Waals surface area contributed by atoms with E-state index in [1.165, 1.54) is 11.1 Å². The number of hydrogen-bond donors (Lipinski definition) is 1. The summed E-state index contributed by atoms with van der Waals surface area (Å²) >= 11 is 0. The van der Waals surface area contributed by atoms with Crippen molar-refractivity contribution in [3.63, 3.8) is 0 Å². The molecule has 112 valence electrons. The van der Waals surface area contributed by atoms with E-state index in [2.05, 4.69) is 45.9 Å². The lowest BCUT2D eigenvalue weighted by molar-refractivity contribution is -0.0103. The third-order valence-electron chi connectivity index (χ3n) is 4.36. The Kier molecular flexibility index (Phi) is 5.22. The first kappa shape index (κ1) is 15.5. The maximum atomic E-state index is 10.7. The van der Waals surface area contributed by atoms with Crippen LogP contribution in [0.4, 0.5) is 0 Å². The molecular formula is C18H28O2. The Morgan fingerprint density at radius 2 is 1.85 bits per heavy atom. The molecule has 1 aromatic rings. The fourth-order valence-electron chi connectivity index (χ4n) is 2.99. The summed E-state index contributed by atoms with van der Waals surface area (Å²) in [5.74, 6) is 1.20. The molecule has 1 heterocycles. The van der Waals surface area contributed by atoms with Crippen molar-refractivity contribution >= 4 is 0 Å². The van der Waals surface area contributed by atoms with Gasteiger partial charge in [-0.05, 0) is 41.4 Å². The first-order chi connectivity index (χ1) is 9.50. The van der Waals surface area contributed by atoms with Crippen LogP contribution < -0.4 is 0 Å². The lowest BCUT2D eigenvalue weighted by Crippen LogP contribution is -2.24. The summed E-state index contributed by atoms with van der Waals surface area (Å²) < 4.78 is 5.53. The summed E-state index contributed by atoms with van der Waals surface area (Å²) in [5, 5.41) is 10.7. The van der Waals surface area contributed by atoms with E-state index < -0.39 is 6.10 Å². The van der Waals surface area contributed by atoms with Gasteiger partial charge in [0, 0.05) is 12.5 Å². The number of rotatable bonds is 4. The van der Waals surface area contributed by atoms with Crippen LogP contribution in [0.25, 0.3) is 0 Å². The van der Waals surface area contributed by atoms with E-state index in [0.717, 1.165) is 25.0 Å². The van der Waals surface area contributed by atoms with Gasteiger partial charge in [0.05, 0.1) is 12.7 Å². The maximum Gasteiger partial charge on any atom is 0.0842 e. The first-order valence-electron chi connectivity index (χ1n) is 7.90. The van der Waals surface area contributed by atoms with Gasteiger partial charge in [-0.3, -0.25) is 0 Å². The molecule has 0 saturated carbocycles. The van der Waals surface area contributed by atoms with Crippen molar-refractivity contribution in [3.05, 3.63) is 34.9 Å². The largest absolute Gasteiger partial charge is 0.388 e. The normalized spacial score (nSPS) is 21.4. The second-order valence-electron chi connectivity index (χ2n) is 6.62. The van der Waals surface area contributed by atoms with Crippen molar-refractivity contribution in [3.8, 4) is 0 Å². The average molecular weight is 276 g/mol. The van der Waals surface area contributed by atoms with E-state index in [1.807, 2.05) is 0 Å². The Hall–Kier alpha value is -0.860. The van der Waals surface area contributed by atoms with E-state index in [-0.39, 0.29) is 5.92 Å². The molecule has 0 radical (unpaired) electrons. The molecule has 0 amide bonds. The lowest BCUT2D eigenvalue weighted by atomic mass is 9.84. The van der Waals surface area contributed by atoms with Gasteiger partial charge in [-0.2, -0.15) is 0 Å². The summed E-state index contributed by atoms with van der Waals surface area (Å²) in [6, 6.07) is 6.57. The molecule has 1 aliphatic heterocycles. The van der Waals surface area contributed by atoms with Crippen molar-refractivity contribution in [2.75, 3.05) is 13.2 Å². The molecule has 2 rings (SSSR count). The smallest absolute Gasteiger partial charge is 0.0842 e. The average Bonchev–Trinajstić information content (AvgIpc) is 2.46. The Balaban J connectivity index is 2.29. The van der Waals surface area contributed by atoms with Crippen molar-refractivity contribution in [2.24, 2.45) is 5.92 Å². The molecule has 0 spiro atoms. The minimum absolute atomic E-state index is 0.242. The Bertz CT molecular complexity index is 431. The standard InChI is InChI=1S/C18H28O2/c1-12(2)14-7-8-16(17(10-14)13(3)4)18(19)15-6-5-9-20-11-15/h7-8,10,12-13,15,18-19H,5-6,9,11H2,1-4H3. The first-order valence-corrected chi connectivity index (χ1v) is 7.90. The molecule has 2 nitrogen and oxygen atoms in total. The molecule has 0 aromatic heterocycles. The highest BCUT2D eigenvalue weighted by molar-refractivity contribution is 5.37. The number of aliphatic hydroxyl groups excluding tert-OH is 1. The van der Waals surface area contributed by atoms with Crippen LogP contribution >= 0.6 is 0 Å². The fourth-order valence-corrected chi connectivity index (χ4v) is 2.99. The number of ether oxygens (including phenoxy) is 1. The Morgan fingerprint density at radius 3 is 2.40 bits per heavy atom. The van der Waals surface area contributed by atoms with Crippen LogP contribution in [0, 0.1) is 5.92 Å². The number of aliphatic hydroxyl groups is 1. The van der Waals surface area contributed by atoms with Crippen LogP contribution in [0.5, 0.6) is 0 Å². The molecule has 0 bridgehead atoms. The summed E-state index contributed by atoms with van der Waals surface area (Å²) in [6.07, 6.45) is 1.72. The van der Waals surface area contributed by atoms with Crippen LogP contribution in [0.1, 0.15) is 75.2 Å². The summed E-state index contributed by atoms with van der Waals surface area (Å²) in [7, 11) is 0. The zero-order valence-electron chi connectivity index (χ0n) is 13.2. The van der Waals surface area contributed by atoms with Gasteiger partial charge in [0.15, 0.2) is 0 Å². The molecule has 1 fully saturated rings. The zero-order valence-corrected chi connectivity index (χ0v) is 13.2. The van der Waals surface area contributed by atoms with Gasteiger partial charge in [0.2, 0.25) is 0 Å². The van der Waals surface area contributed by atoms with Crippen molar-refractivity contribution in [1.82, 2.24) is 0 Å². The predicted octanol–water partition coefficient (Wildman–Crippen LogP) is 4.39. The van der Waals surface area contributed by atoms with Crippen LogP contribution in [0.15, 0.2) is 18.2 Å². The summed E-state index contributed by atoms with van der Waals surface area (Å²) in [5.41, 5.74) is 3.73. The highest BCUT2D eigenvalue weighted by Crippen LogP contribution is 2.34. The second kappa shape index (κ2) is 6.73. The number of benzene rings is 1. The van der Waals surface area contributed by atoms with E-state index in [9.17, 15) is 5.11 Å². The van der Waals surface area contributed by atoms with Crippen molar-refractivity contribution in [2.45, 2.75) is 58.5 Å². The quantitative estimate of drug-likeness (QED) is 0.883. The molecule has 1 aliphatic rings. The summed E-state index contributed by atoms with van der Waals surface area (Å²) in [4.78, 5) is 0. The molecule has 2 heteroatoms. The minimum Gasteiger partial charge on any atom is -0.388 e. The molecule has 1 N–H and O–H groups in total. The van der Waals surface area contributed by atoms with Crippen molar-refractivity contribution in [1.29, 1.82) is 0 Å². The van der Waals surface area contributed by atoms with E-state index in [1.54, 1.807) is 0 Å². The van der Waals surface area contributed by atoms with Gasteiger partial charge in [0.25, 0.3) is 0 Å². The Morgan fingerprint density at radius 1 is 1.10 bits per heavy atom. The van der Waals surface area contributed by atoms with E-state index in [0.29, 0.717) is 18.4 Å². The molecule has 20 heavy (non-hydrogen) atoms. The molecule has 2 atom stereocenters. The van der Waals surface area contributed by atoms with E-state index >= 15 is 0 Å². The fraction of sp³-hybridized carbons (Fsp3) is 0.667. The highest BCUT2D eigenvalue weighted by Gasteiger charge is 2.26. The van der Waals surface area contributed by atoms with Gasteiger partial charge in [0.1, 0.15) is 0 Å². The Labute approximate surface area is 123 Å². The molecule has 1 saturated heterocycles. The topological polar surface area (TPSA) is 29.5 Å². The van der Waals surface area contributed by atoms with Gasteiger partial charge in [-0.1, -0.05) is 45.9 Å². The lowest BCUT2D eigenvalue weighted by Gasteiger charge is -2.29. The molecule has 0 aliphatic carbocycles. The minimum atomic E-state index is -0.395. The third-order valence-corrected chi connectivity index (χ3v) is 4.36. The van der Waals surface area contributed by atoms with Crippen LogP contribution in [-0.2, 0) is 4.74 Å². The SMILES string of the molecule is CC(C)c1ccc(C(O)C2CCCOC2)c(C(C)C)c1. The van der Waals surface area contributed by atoms with Crippen LogP contribution in [0.3, 0.4) is 0 Å². The van der Waals surface area contributed by atoms with Crippen LogP contribution in [0.2, 0.25) is 0 Å². The van der Waals surface area contributed by atoms with Crippen molar-refractivity contribution < 1.29 is 9.84 Å². The predicted molar refractivity (Wildman–Crippen MR) is 83.1 cm³/mol. The molecular weight excluding hydrogens is 248 g/mol. The maximum absolute atomic E-state index is 10.7. The monoisotopic (exact) mass is 276 g/mol. The van der Waals surface area contributed by atoms with Crippen LogP contribution in [-0.4, -0.2) is 18.3 Å². The van der Waals surface area contributed by atoms with Gasteiger partial charge in [-0.25, -0.2) is 0 Å². The summed E-state index contributed by atoms with van der Waals surface area (Å²) in [6.45, 7) is 10.4. The highest BCUT2D eigenvalue weighted by atomic mass is 16.5. The molecule has 2 unspecified atom stereocenters. The molecule has 1 aromatic carbocycles. The second-order valence-corrected chi connectivity index (χ2v) is 6.62. The zero-order chi connectivity index (χ0) is 14.7. The van der Waals surface area contributed by atoms with E-state index in [4.69, 9.17) is 4.74 Å².